The summed E-state index contributed by atoms with van der Waals surface area (Å²) in [5, 5.41) is 4.60. The van der Waals surface area contributed by atoms with Crippen LogP contribution >= 0.6 is 0 Å². The first-order valence-electron chi connectivity index (χ1n) is 12.0. The molecule has 0 radical (unpaired) electrons. The number of piperidine rings is 1. The minimum atomic E-state index is -3.56. The summed E-state index contributed by atoms with van der Waals surface area (Å²) in [4.78, 5) is 2.86. The highest BCUT2D eigenvalue weighted by atomic mass is 32.2. The first kappa shape index (κ1) is 23.3. The molecule has 0 atom stereocenters. The van der Waals surface area contributed by atoms with E-state index in [2.05, 4.69) is 16.9 Å². The number of sulfonamides is 1. The monoisotopic (exact) mass is 460 g/mol. The number of aromatic nitrogens is 2. The molecule has 3 heterocycles. The van der Waals surface area contributed by atoms with Crippen LogP contribution in [0.3, 0.4) is 0 Å². The number of aryl methyl sites for hydroxylation is 2. The third kappa shape index (κ3) is 4.72. The van der Waals surface area contributed by atoms with E-state index in [1.807, 2.05) is 24.7 Å². The number of hydrogen-bond donors (Lipinski definition) is 0. The minimum absolute atomic E-state index is 0.328. The Balaban J connectivity index is 1.60. The van der Waals surface area contributed by atoms with Crippen LogP contribution in [0.4, 0.5) is 0 Å². The van der Waals surface area contributed by atoms with Crippen LogP contribution in [-0.2, 0) is 23.5 Å². The molecular weight excluding hydrogens is 424 g/mol. The van der Waals surface area contributed by atoms with E-state index in [0.29, 0.717) is 36.4 Å². The van der Waals surface area contributed by atoms with Crippen molar-refractivity contribution in [1.29, 1.82) is 0 Å². The zero-order chi connectivity index (χ0) is 22.7. The number of hydrogen-bond acceptors (Lipinski definition) is 5. The number of nitrogens with zero attached hydrogens (tertiary/aromatic N) is 4. The molecule has 2 aliphatic heterocycles. The fourth-order valence-electron chi connectivity index (χ4n) is 5.01. The van der Waals surface area contributed by atoms with Crippen LogP contribution in [0.5, 0.6) is 5.75 Å². The van der Waals surface area contributed by atoms with Gasteiger partial charge in [0.1, 0.15) is 5.75 Å². The van der Waals surface area contributed by atoms with E-state index in [0.717, 1.165) is 55.7 Å². The summed E-state index contributed by atoms with van der Waals surface area (Å²) in [6.45, 7) is 8.05. The van der Waals surface area contributed by atoms with E-state index in [-0.39, 0.29) is 0 Å². The van der Waals surface area contributed by atoms with Crippen molar-refractivity contribution in [1.82, 2.24) is 19.0 Å². The lowest BCUT2D eigenvalue weighted by Gasteiger charge is -2.36. The molecule has 0 amide bonds. The fraction of sp³-hybridized carbons (Fsp3) is 0.625. The van der Waals surface area contributed by atoms with Crippen molar-refractivity contribution in [2.75, 3.05) is 32.8 Å². The number of benzene rings is 1. The van der Waals surface area contributed by atoms with E-state index in [1.54, 1.807) is 22.5 Å². The molecule has 2 fully saturated rings. The summed E-state index contributed by atoms with van der Waals surface area (Å²) in [6.07, 6.45) is 6.25. The van der Waals surface area contributed by atoms with Gasteiger partial charge in [-0.25, -0.2) is 8.42 Å². The largest absolute Gasteiger partial charge is 0.493 e. The summed E-state index contributed by atoms with van der Waals surface area (Å²) in [5.41, 5.74) is 2.66. The van der Waals surface area contributed by atoms with Crippen molar-refractivity contribution < 1.29 is 13.2 Å². The Labute approximate surface area is 192 Å². The zero-order valence-corrected chi connectivity index (χ0v) is 20.4. The summed E-state index contributed by atoms with van der Waals surface area (Å²) in [5.74, 6) is 0.685. The van der Waals surface area contributed by atoms with Gasteiger partial charge < -0.3 is 9.64 Å². The molecular formula is C24H36N4O3S. The van der Waals surface area contributed by atoms with Crippen molar-refractivity contribution in [3.63, 3.8) is 0 Å². The Morgan fingerprint density at radius 2 is 1.78 bits per heavy atom. The minimum Gasteiger partial charge on any atom is -0.493 e. The second-order valence-electron chi connectivity index (χ2n) is 8.86. The third-order valence-corrected chi connectivity index (χ3v) is 8.58. The quantitative estimate of drug-likeness (QED) is 0.601. The van der Waals surface area contributed by atoms with Gasteiger partial charge in [0, 0.05) is 31.7 Å². The van der Waals surface area contributed by atoms with Gasteiger partial charge in [-0.2, -0.15) is 9.40 Å². The topological polar surface area (TPSA) is 67.7 Å². The number of likely N-dealkylation sites (tertiary alicyclic amines) is 1. The molecule has 0 unspecified atom stereocenters. The van der Waals surface area contributed by atoms with Gasteiger partial charge in [-0.15, -0.1) is 0 Å². The third-order valence-electron chi connectivity index (χ3n) is 6.68. The Bertz CT molecular complexity index is 1020. The van der Waals surface area contributed by atoms with Gasteiger partial charge in [-0.1, -0.05) is 13.3 Å². The molecule has 8 heteroatoms. The van der Waals surface area contributed by atoms with Gasteiger partial charge in [-0.3, -0.25) is 4.68 Å². The molecule has 7 nitrogen and oxygen atoms in total. The molecule has 0 aliphatic carbocycles. The second kappa shape index (κ2) is 9.93. The van der Waals surface area contributed by atoms with Gasteiger partial charge in [0.25, 0.3) is 0 Å². The highest BCUT2D eigenvalue weighted by Crippen LogP contribution is 2.34. The molecule has 32 heavy (non-hydrogen) atoms. The molecule has 1 aromatic carbocycles. The van der Waals surface area contributed by atoms with Crippen molar-refractivity contribution >= 4 is 10.0 Å². The zero-order valence-electron chi connectivity index (χ0n) is 19.6. The highest BCUT2D eigenvalue weighted by Gasteiger charge is 2.33. The maximum Gasteiger partial charge on any atom is 0.243 e. The SMILES string of the molecule is CCCc1cc(-c2cc(S(=O)(=O)N3CCC(N4CCCC4)CC3)ccc2OCC)n(C)n1. The van der Waals surface area contributed by atoms with Gasteiger partial charge in [-0.05, 0) is 76.4 Å². The van der Waals surface area contributed by atoms with E-state index in [9.17, 15) is 8.42 Å². The summed E-state index contributed by atoms with van der Waals surface area (Å²) >= 11 is 0. The van der Waals surface area contributed by atoms with Crippen LogP contribution in [0, 0.1) is 0 Å². The summed E-state index contributed by atoms with van der Waals surface area (Å²) in [7, 11) is -1.66. The van der Waals surface area contributed by atoms with E-state index in [1.165, 1.54) is 12.8 Å². The molecule has 1 aromatic heterocycles. The highest BCUT2D eigenvalue weighted by molar-refractivity contribution is 7.89. The second-order valence-corrected chi connectivity index (χ2v) is 10.8. The number of ether oxygens (including phenoxy) is 1. The predicted molar refractivity (Wildman–Crippen MR) is 126 cm³/mol. The molecule has 0 spiro atoms. The van der Waals surface area contributed by atoms with Crippen molar-refractivity contribution in [3.8, 4) is 17.0 Å². The summed E-state index contributed by atoms with van der Waals surface area (Å²) in [6, 6.07) is 7.79. The van der Waals surface area contributed by atoms with Gasteiger partial charge >= 0.3 is 0 Å². The Hall–Kier alpha value is -1.90. The molecule has 2 aromatic rings. The van der Waals surface area contributed by atoms with Crippen LogP contribution in [0.2, 0.25) is 0 Å². The van der Waals surface area contributed by atoms with Gasteiger partial charge in [0.15, 0.2) is 0 Å². The molecule has 176 valence electrons. The molecule has 0 bridgehead atoms. The van der Waals surface area contributed by atoms with E-state index in [4.69, 9.17) is 4.74 Å². The van der Waals surface area contributed by atoms with Crippen LogP contribution in [0.1, 0.15) is 51.6 Å². The first-order valence-corrected chi connectivity index (χ1v) is 13.4. The van der Waals surface area contributed by atoms with Gasteiger partial charge in [0.2, 0.25) is 10.0 Å². The molecule has 0 saturated carbocycles. The normalized spacial score (nSPS) is 19.0. The van der Waals surface area contributed by atoms with Crippen LogP contribution in [-0.4, -0.2) is 66.2 Å². The average Bonchev–Trinajstić information content (AvgIpc) is 3.45. The van der Waals surface area contributed by atoms with Crippen molar-refractivity contribution in [2.45, 2.75) is 63.3 Å². The first-order chi connectivity index (χ1) is 15.4. The van der Waals surface area contributed by atoms with Crippen LogP contribution in [0.15, 0.2) is 29.2 Å². The van der Waals surface area contributed by atoms with Crippen LogP contribution < -0.4 is 4.74 Å². The Kier molecular flexibility index (Phi) is 7.22. The molecule has 2 saturated heterocycles. The lowest BCUT2D eigenvalue weighted by atomic mass is 10.1. The lowest BCUT2D eigenvalue weighted by molar-refractivity contribution is 0.168. The number of rotatable bonds is 8. The van der Waals surface area contributed by atoms with Crippen LogP contribution in [0.25, 0.3) is 11.3 Å². The van der Waals surface area contributed by atoms with Gasteiger partial charge in [0.05, 0.1) is 22.9 Å². The molecule has 4 rings (SSSR count). The lowest BCUT2D eigenvalue weighted by Crippen LogP contribution is -2.45. The summed E-state index contributed by atoms with van der Waals surface area (Å²) < 4.78 is 36.3. The Morgan fingerprint density at radius 1 is 1.06 bits per heavy atom. The smallest absolute Gasteiger partial charge is 0.243 e. The maximum atomic E-state index is 13.5. The maximum absolute atomic E-state index is 13.5. The average molecular weight is 461 g/mol. The Morgan fingerprint density at radius 3 is 2.44 bits per heavy atom. The molecule has 0 N–H and O–H groups in total. The van der Waals surface area contributed by atoms with E-state index >= 15 is 0 Å². The standard InChI is InChI=1S/C24H36N4O3S/c1-4-8-19-17-23(26(3)25-19)22-18-21(9-10-24(22)31-5-2)32(29,30)28-15-11-20(12-16-28)27-13-6-7-14-27/h9-10,17-18,20H,4-8,11-16H2,1-3H3. The predicted octanol–water partition coefficient (Wildman–Crippen LogP) is 3.69. The fourth-order valence-corrected chi connectivity index (χ4v) is 6.51. The van der Waals surface area contributed by atoms with Crippen molar-refractivity contribution in [3.05, 3.63) is 30.0 Å². The molecule has 2 aliphatic rings. The van der Waals surface area contributed by atoms with Crippen molar-refractivity contribution in [2.24, 2.45) is 7.05 Å². The van der Waals surface area contributed by atoms with E-state index < -0.39 is 10.0 Å².